The Bertz CT molecular complexity index is 993. The first-order valence-corrected chi connectivity index (χ1v) is 9.80. The minimum atomic E-state index is -0.363. The highest BCUT2D eigenvalue weighted by Crippen LogP contribution is 2.30. The van der Waals surface area contributed by atoms with E-state index in [0.29, 0.717) is 18.2 Å². The lowest BCUT2D eigenvalue weighted by atomic mass is 10.1. The molecule has 0 spiro atoms. The van der Waals surface area contributed by atoms with Crippen LogP contribution >= 0.6 is 11.3 Å². The summed E-state index contributed by atoms with van der Waals surface area (Å²) in [4.78, 5) is 29.6. The van der Waals surface area contributed by atoms with Crippen LogP contribution in [0.5, 0.6) is 0 Å². The maximum absolute atomic E-state index is 12.5. The van der Waals surface area contributed by atoms with E-state index in [4.69, 9.17) is 0 Å². The molecule has 1 unspecified atom stereocenters. The molecule has 1 atom stereocenters. The number of nitrogens with zero attached hydrogens (tertiary/aromatic N) is 3. The van der Waals surface area contributed by atoms with Crippen molar-refractivity contribution in [3.8, 4) is 0 Å². The van der Waals surface area contributed by atoms with E-state index >= 15 is 0 Å². The highest BCUT2D eigenvalue weighted by molar-refractivity contribution is 7.15. The molecule has 140 valence electrons. The molecule has 1 saturated heterocycles. The first-order chi connectivity index (χ1) is 13.0. The van der Waals surface area contributed by atoms with Gasteiger partial charge in [-0.2, -0.15) is 0 Å². The van der Waals surface area contributed by atoms with E-state index in [1.807, 2.05) is 44.3 Å². The van der Waals surface area contributed by atoms with E-state index in [9.17, 15) is 9.59 Å². The Morgan fingerprint density at radius 3 is 3.00 bits per heavy atom. The quantitative estimate of drug-likeness (QED) is 0.709. The van der Waals surface area contributed by atoms with E-state index in [1.165, 1.54) is 11.3 Å². The van der Waals surface area contributed by atoms with E-state index < -0.39 is 0 Å². The first kappa shape index (κ1) is 17.7. The smallest absolute Gasteiger partial charge is 0.229 e. The summed E-state index contributed by atoms with van der Waals surface area (Å²) in [5.41, 5.74) is 2.06. The molecule has 1 aromatic carbocycles. The van der Waals surface area contributed by atoms with Crippen LogP contribution in [0.4, 0.5) is 5.13 Å². The van der Waals surface area contributed by atoms with Crippen LogP contribution in [0, 0.1) is 5.92 Å². The number of fused-ring (bicyclic) bond motifs is 1. The van der Waals surface area contributed by atoms with Crippen LogP contribution in [0.3, 0.4) is 0 Å². The number of carbonyl (C=O) groups excluding carboxylic acids is 2. The third-order valence-corrected chi connectivity index (χ3v) is 5.98. The van der Waals surface area contributed by atoms with Crippen molar-refractivity contribution >= 4 is 39.2 Å². The van der Waals surface area contributed by atoms with Crippen LogP contribution in [-0.2, 0) is 16.1 Å². The molecule has 3 heterocycles. The maximum Gasteiger partial charge on any atom is 0.229 e. The summed E-state index contributed by atoms with van der Waals surface area (Å²) >= 11 is 1.42. The number of aromatic nitrogens is 3. The van der Waals surface area contributed by atoms with Crippen molar-refractivity contribution in [2.45, 2.75) is 32.7 Å². The van der Waals surface area contributed by atoms with Crippen molar-refractivity contribution in [1.29, 1.82) is 0 Å². The van der Waals surface area contributed by atoms with Gasteiger partial charge in [-0.15, -0.1) is 10.2 Å². The molecule has 1 fully saturated rings. The Morgan fingerprint density at radius 1 is 1.37 bits per heavy atom. The number of H-pyrrole nitrogens is 1. The standard InChI is InChI=1S/C19H21N5O2S/c1-11(2)18-22-23-19(27-18)24-10-14(8-16(24)25)17(26)21-9-12-3-4-13-5-6-20-15(13)7-12/h3-7,11,14,20H,8-10H2,1-2H3,(H,21,26). The summed E-state index contributed by atoms with van der Waals surface area (Å²) in [6.45, 7) is 4.87. The molecule has 1 aliphatic rings. The zero-order chi connectivity index (χ0) is 19.0. The Morgan fingerprint density at radius 2 is 2.22 bits per heavy atom. The number of hydrogen-bond acceptors (Lipinski definition) is 5. The molecule has 0 radical (unpaired) electrons. The second-order valence-corrected chi connectivity index (χ2v) is 8.09. The van der Waals surface area contributed by atoms with Crippen LogP contribution < -0.4 is 10.2 Å². The van der Waals surface area contributed by atoms with Crippen LogP contribution in [0.25, 0.3) is 10.9 Å². The van der Waals surface area contributed by atoms with Gasteiger partial charge in [0.2, 0.25) is 16.9 Å². The van der Waals surface area contributed by atoms with Crippen LogP contribution in [-0.4, -0.2) is 33.5 Å². The topological polar surface area (TPSA) is 91.0 Å². The molecule has 1 aliphatic heterocycles. The number of rotatable bonds is 5. The Hall–Kier alpha value is -2.74. The summed E-state index contributed by atoms with van der Waals surface area (Å²) in [5, 5.41) is 13.8. The molecule has 27 heavy (non-hydrogen) atoms. The Kier molecular flexibility index (Phi) is 4.65. The monoisotopic (exact) mass is 383 g/mol. The van der Waals surface area contributed by atoms with Crippen molar-refractivity contribution in [2.75, 3.05) is 11.4 Å². The van der Waals surface area contributed by atoms with Gasteiger partial charge < -0.3 is 10.3 Å². The van der Waals surface area contributed by atoms with Crippen LogP contribution in [0.2, 0.25) is 0 Å². The zero-order valence-corrected chi connectivity index (χ0v) is 16.0. The van der Waals surface area contributed by atoms with Gasteiger partial charge >= 0.3 is 0 Å². The first-order valence-electron chi connectivity index (χ1n) is 8.99. The molecule has 0 aliphatic carbocycles. The number of amides is 2. The summed E-state index contributed by atoms with van der Waals surface area (Å²) in [6.07, 6.45) is 2.10. The third-order valence-electron chi connectivity index (χ3n) is 4.74. The lowest BCUT2D eigenvalue weighted by molar-refractivity contribution is -0.126. The van der Waals surface area contributed by atoms with Crippen molar-refractivity contribution in [3.63, 3.8) is 0 Å². The number of anilines is 1. The number of nitrogens with one attached hydrogen (secondary N) is 2. The fourth-order valence-electron chi connectivity index (χ4n) is 3.18. The van der Waals surface area contributed by atoms with Crippen molar-refractivity contribution in [2.24, 2.45) is 5.92 Å². The van der Waals surface area contributed by atoms with Crippen LogP contribution in [0.15, 0.2) is 30.5 Å². The molecular formula is C19H21N5O2S. The van der Waals surface area contributed by atoms with Gasteiger partial charge in [-0.3, -0.25) is 14.5 Å². The molecule has 2 aromatic heterocycles. The van der Waals surface area contributed by atoms with Gasteiger partial charge in [-0.25, -0.2) is 0 Å². The van der Waals surface area contributed by atoms with E-state index in [0.717, 1.165) is 21.5 Å². The van der Waals surface area contributed by atoms with Gasteiger partial charge in [-0.05, 0) is 23.1 Å². The minimum Gasteiger partial charge on any atom is -0.361 e. The second kappa shape index (κ2) is 7.11. The molecule has 2 amide bonds. The van der Waals surface area contributed by atoms with E-state index in [2.05, 4.69) is 20.5 Å². The molecule has 8 heteroatoms. The SMILES string of the molecule is CC(C)c1nnc(N2CC(C(=O)NCc3ccc4cc[nH]c4c3)CC2=O)s1. The van der Waals surface area contributed by atoms with E-state index in [1.54, 1.807) is 4.90 Å². The Labute approximate surface area is 160 Å². The van der Waals surface area contributed by atoms with Crippen LogP contribution in [0.1, 0.15) is 36.8 Å². The van der Waals surface area contributed by atoms with Gasteiger partial charge in [0.1, 0.15) is 5.01 Å². The fraction of sp³-hybridized carbons (Fsp3) is 0.368. The number of benzene rings is 1. The van der Waals surface area contributed by atoms with Crippen molar-refractivity contribution in [1.82, 2.24) is 20.5 Å². The third kappa shape index (κ3) is 3.57. The number of aromatic amines is 1. The number of carbonyl (C=O) groups is 2. The molecule has 2 N–H and O–H groups in total. The average Bonchev–Trinajstić information content (AvgIpc) is 3.37. The fourth-order valence-corrected chi connectivity index (χ4v) is 4.05. The van der Waals surface area contributed by atoms with Gasteiger partial charge in [-0.1, -0.05) is 37.3 Å². The number of hydrogen-bond donors (Lipinski definition) is 2. The predicted molar refractivity (Wildman–Crippen MR) is 105 cm³/mol. The average molecular weight is 383 g/mol. The molecule has 4 rings (SSSR count). The molecule has 3 aromatic rings. The Balaban J connectivity index is 1.38. The van der Waals surface area contributed by atoms with E-state index in [-0.39, 0.29) is 30.1 Å². The lowest BCUT2D eigenvalue weighted by Crippen LogP contribution is -2.32. The highest BCUT2D eigenvalue weighted by atomic mass is 32.1. The molecule has 7 nitrogen and oxygen atoms in total. The maximum atomic E-state index is 12.5. The van der Waals surface area contributed by atoms with Gasteiger partial charge in [0.15, 0.2) is 0 Å². The lowest BCUT2D eigenvalue weighted by Gasteiger charge is -2.13. The molecule has 0 bridgehead atoms. The van der Waals surface area contributed by atoms with Gasteiger partial charge in [0, 0.05) is 37.1 Å². The van der Waals surface area contributed by atoms with Gasteiger partial charge in [0.05, 0.1) is 5.92 Å². The summed E-state index contributed by atoms with van der Waals surface area (Å²) in [6, 6.07) is 8.05. The minimum absolute atomic E-state index is 0.0746. The summed E-state index contributed by atoms with van der Waals surface area (Å²) in [5.74, 6) is -0.274. The predicted octanol–water partition coefficient (Wildman–Crippen LogP) is 2.81. The zero-order valence-electron chi connectivity index (χ0n) is 15.2. The van der Waals surface area contributed by atoms with Crippen molar-refractivity contribution in [3.05, 3.63) is 41.0 Å². The molecule has 0 saturated carbocycles. The highest BCUT2D eigenvalue weighted by Gasteiger charge is 2.36. The normalized spacial score (nSPS) is 17.2. The largest absolute Gasteiger partial charge is 0.361 e. The van der Waals surface area contributed by atoms with Crippen molar-refractivity contribution < 1.29 is 9.59 Å². The second-order valence-electron chi connectivity index (χ2n) is 7.10. The summed E-state index contributed by atoms with van der Waals surface area (Å²) < 4.78 is 0. The van der Waals surface area contributed by atoms with Gasteiger partial charge in [0.25, 0.3) is 0 Å². The molecular weight excluding hydrogens is 362 g/mol. The summed E-state index contributed by atoms with van der Waals surface area (Å²) in [7, 11) is 0.